The minimum Gasteiger partial charge on any atom is -0.463 e. The van der Waals surface area contributed by atoms with Crippen molar-refractivity contribution in [2.45, 2.75) is 51.1 Å². The predicted octanol–water partition coefficient (Wildman–Crippen LogP) is 2.19. The Labute approximate surface area is 168 Å². The largest absolute Gasteiger partial charge is 0.463 e. The summed E-state index contributed by atoms with van der Waals surface area (Å²) in [4.78, 5) is 11.2. The Morgan fingerprint density at radius 2 is 1.89 bits per heavy atom. The van der Waals surface area contributed by atoms with Gasteiger partial charge in [-0.2, -0.15) is 0 Å². The average molecular weight is 412 g/mol. The molecule has 0 aliphatic carbocycles. The van der Waals surface area contributed by atoms with Gasteiger partial charge in [0.2, 0.25) is 0 Å². The maximum absolute atomic E-state index is 11.2. The van der Waals surface area contributed by atoms with Gasteiger partial charge in [0.1, 0.15) is 24.9 Å². The van der Waals surface area contributed by atoms with Crippen LogP contribution in [-0.4, -0.2) is 49.1 Å². The van der Waals surface area contributed by atoms with E-state index in [0.717, 1.165) is 16.5 Å². The molecule has 27 heavy (non-hydrogen) atoms. The van der Waals surface area contributed by atoms with Crippen molar-refractivity contribution in [1.29, 1.82) is 0 Å². The fourth-order valence-electron chi connectivity index (χ4n) is 3.90. The fourth-order valence-corrected chi connectivity index (χ4v) is 4.23. The highest BCUT2D eigenvalue weighted by atomic mass is 35.5. The summed E-state index contributed by atoms with van der Waals surface area (Å²) in [5.41, 5.74) is 1.88. The van der Waals surface area contributed by atoms with Gasteiger partial charge in [0, 0.05) is 12.3 Å². The van der Waals surface area contributed by atoms with Crippen LogP contribution < -0.4 is 5.59 Å². The number of fused-ring (bicyclic) bond motifs is 2. The van der Waals surface area contributed by atoms with Crippen LogP contribution in [0.5, 0.6) is 0 Å². The molecule has 2 aliphatic rings. The minimum atomic E-state index is -0.746. The molecule has 0 spiro atoms. The Kier molecular flexibility index (Phi) is 4.72. The topological polar surface area (TPSA) is 58.9 Å². The lowest BCUT2D eigenvalue weighted by molar-refractivity contribution is -0.201. The molecule has 0 saturated carbocycles. The van der Waals surface area contributed by atoms with Crippen LogP contribution in [-0.2, 0) is 23.7 Å². The number of nitrogens with zero attached hydrogens (tertiary/aromatic N) is 1. The van der Waals surface area contributed by atoms with E-state index in [1.807, 2.05) is 44.5 Å². The van der Waals surface area contributed by atoms with Crippen LogP contribution in [0.25, 0.3) is 10.9 Å². The van der Waals surface area contributed by atoms with E-state index in [-0.39, 0.29) is 24.8 Å². The van der Waals surface area contributed by atoms with Crippen molar-refractivity contribution in [2.24, 2.45) is 0 Å². The van der Waals surface area contributed by atoms with Gasteiger partial charge in [-0.25, -0.2) is 0 Å². The van der Waals surface area contributed by atoms with Crippen LogP contribution in [0.3, 0.4) is 0 Å². The highest BCUT2D eigenvalue weighted by Gasteiger charge is 2.56. The maximum atomic E-state index is 11.2. The van der Waals surface area contributed by atoms with E-state index in [1.165, 1.54) is 6.92 Å². The zero-order valence-corrected chi connectivity index (χ0v) is 17.0. The van der Waals surface area contributed by atoms with Crippen molar-refractivity contribution in [3.63, 3.8) is 0 Å². The summed E-state index contributed by atoms with van der Waals surface area (Å²) < 4.78 is 25.6. The molecular formula is C18H20BCl2NO5. The van der Waals surface area contributed by atoms with Crippen molar-refractivity contribution in [2.75, 3.05) is 6.61 Å². The Morgan fingerprint density at radius 3 is 2.59 bits per heavy atom. The molecule has 4 atom stereocenters. The van der Waals surface area contributed by atoms with Crippen LogP contribution in [0.4, 0.5) is 0 Å². The standard InChI is InChI=1S/C18H20BCl2NO5/c1-8(23)24-7-13-15-16(27-18(2,3)26-15)17(25-13)22-12-6-11(21)10(20)4-9(12)5-14(22)19/h4-6,13,15-17H,7,19H2,1-3H3/t13-,15?,16?,17-/m1/s1. The van der Waals surface area contributed by atoms with Gasteiger partial charge >= 0.3 is 5.97 Å². The number of ether oxygens (including phenoxy) is 4. The molecule has 2 aromatic rings. The number of benzene rings is 1. The van der Waals surface area contributed by atoms with Crippen molar-refractivity contribution in [1.82, 2.24) is 4.57 Å². The molecule has 2 unspecified atom stereocenters. The Balaban J connectivity index is 1.74. The molecule has 9 heteroatoms. The quantitative estimate of drug-likeness (QED) is 0.572. The van der Waals surface area contributed by atoms with E-state index < -0.39 is 18.1 Å². The van der Waals surface area contributed by atoms with E-state index >= 15 is 0 Å². The first kappa shape index (κ1) is 19.1. The van der Waals surface area contributed by atoms with Gasteiger partial charge in [0.15, 0.2) is 19.9 Å². The van der Waals surface area contributed by atoms with E-state index in [9.17, 15) is 4.79 Å². The third-order valence-corrected chi connectivity index (χ3v) is 5.63. The van der Waals surface area contributed by atoms with E-state index in [1.54, 1.807) is 0 Å². The molecule has 0 amide bonds. The van der Waals surface area contributed by atoms with Gasteiger partial charge in [-0.15, -0.1) is 0 Å². The molecule has 2 aliphatic heterocycles. The Morgan fingerprint density at radius 1 is 1.22 bits per heavy atom. The normalized spacial score (nSPS) is 29.2. The molecule has 0 bridgehead atoms. The predicted molar refractivity (Wildman–Crippen MR) is 105 cm³/mol. The number of hydrogen-bond donors (Lipinski definition) is 0. The zero-order valence-electron chi connectivity index (χ0n) is 15.5. The summed E-state index contributed by atoms with van der Waals surface area (Å²) >= 11 is 12.4. The number of halogens is 2. The summed E-state index contributed by atoms with van der Waals surface area (Å²) in [6, 6.07) is 5.68. The van der Waals surface area contributed by atoms with Crippen molar-refractivity contribution in [3.8, 4) is 0 Å². The van der Waals surface area contributed by atoms with E-state index in [2.05, 4.69) is 0 Å². The molecular weight excluding hydrogens is 392 g/mol. The Bertz CT molecular complexity index is 915. The third-order valence-electron chi connectivity index (χ3n) is 4.90. The van der Waals surface area contributed by atoms with Gasteiger partial charge in [-0.05, 0) is 37.6 Å². The zero-order chi connectivity index (χ0) is 19.5. The first-order chi connectivity index (χ1) is 12.7. The summed E-state index contributed by atoms with van der Waals surface area (Å²) in [5.74, 6) is -1.11. The molecule has 6 nitrogen and oxygen atoms in total. The number of carbonyl (C=O) groups excluding carboxylic acids is 1. The number of rotatable bonds is 3. The smallest absolute Gasteiger partial charge is 0.302 e. The molecule has 2 saturated heterocycles. The highest BCUT2D eigenvalue weighted by Crippen LogP contribution is 2.44. The van der Waals surface area contributed by atoms with Crippen LogP contribution in [0, 0.1) is 0 Å². The molecule has 3 heterocycles. The lowest BCUT2D eigenvalue weighted by atomic mass is 10.0. The molecule has 0 radical (unpaired) electrons. The number of hydrogen-bond acceptors (Lipinski definition) is 5. The summed E-state index contributed by atoms with van der Waals surface area (Å²) in [5, 5.41) is 1.93. The van der Waals surface area contributed by atoms with Crippen molar-refractivity contribution in [3.05, 3.63) is 28.2 Å². The van der Waals surface area contributed by atoms with Crippen molar-refractivity contribution < 1.29 is 23.7 Å². The van der Waals surface area contributed by atoms with Gasteiger partial charge in [0.25, 0.3) is 0 Å². The monoisotopic (exact) mass is 411 g/mol. The lowest BCUT2D eigenvalue weighted by Crippen LogP contribution is -2.33. The Hall–Kier alpha value is -1.25. The first-order valence-electron chi connectivity index (χ1n) is 8.77. The second-order valence-corrected chi connectivity index (χ2v) is 8.23. The number of aromatic nitrogens is 1. The molecule has 1 aromatic carbocycles. The second-order valence-electron chi connectivity index (χ2n) is 7.41. The summed E-state index contributed by atoms with van der Waals surface area (Å²) in [6.07, 6.45) is -1.55. The van der Waals surface area contributed by atoms with Gasteiger partial charge < -0.3 is 23.5 Å². The molecule has 4 rings (SSSR count). The van der Waals surface area contributed by atoms with Crippen LogP contribution in [0.1, 0.15) is 27.0 Å². The summed E-state index contributed by atoms with van der Waals surface area (Å²) in [7, 11) is 1.99. The SMILES string of the molecule is Bc1cc2cc(Cl)c(Cl)cc2n1[C@@H]1O[C@H](COC(C)=O)C2OC(C)(C)OC21. The molecule has 2 fully saturated rings. The van der Waals surface area contributed by atoms with Gasteiger partial charge in [-0.1, -0.05) is 23.2 Å². The lowest BCUT2D eigenvalue weighted by Gasteiger charge is -2.26. The van der Waals surface area contributed by atoms with Crippen molar-refractivity contribution >= 4 is 53.5 Å². The second kappa shape index (κ2) is 6.67. The average Bonchev–Trinajstić information content (AvgIpc) is 3.14. The molecule has 0 N–H and O–H groups in total. The number of carbonyl (C=O) groups is 1. The van der Waals surface area contributed by atoms with Crippen LogP contribution >= 0.6 is 23.2 Å². The highest BCUT2D eigenvalue weighted by molar-refractivity contribution is 6.43. The van der Waals surface area contributed by atoms with Gasteiger partial charge in [0.05, 0.1) is 15.6 Å². The first-order valence-corrected chi connectivity index (χ1v) is 9.53. The molecule has 1 aromatic heterocycles. The maximum Gasteiger partial charge on any atom is 0.302 e. The third kappa shape index (κ3) is 3.36. The minimum absolute atomic E-state index is 0.108. The van der Waals surface area contributed by atoms with E-state index in [4.69, 9.17) is 42.1 Å². The molecule has 144 valence electrons. The summed E-state index contributed by atoms with van der Waals surface area (Å²) in [6.45, 7) is 5.21. The van der Waals surface area contributed by atoms with Crippen LogP contribution in [0.15, 0.2) is 18.2 Å². The number of esters is 1. The van der Waals surface area contributed by atoms with E-state index in [0.29, 0.717) is 10.0 Å². The fraction of sp³-hybridized carbons (Fsp3) is 0.500. The van der Waals surface area contributed by atoms with Crippen LogP contribution in [0.2, 0.25) is 10.0 Å². The van der Waals surface area contributed by atoms with Gasteiger partial charge in [-0.3, -0.25) is 4.79 Å².